The normalized spacial score (nSPS) is 13.8. The van der Waals surface area contributed by atoms with Gasteiger partial charge in [-0.25, -0.2) is 4.79 Å². The summed E-state index contributed by atoms with van der Waals surface area (Å²) in [6, 6.07) is 8.99. The SMILES string of the molecule is O=C(COC(=O)COc1ccccc1)NCCC1=CCCCC1. The van der Waals surface area contributed by atoms with Crippen LogP contribution in [0, 0.1) is 0 Å². The Morgan fingerprint density at radius 3 is 2.65 bits per heavy atom. The van der Waals surface area contributed by atoms with Crippen LogP contribution in [-0.2, 0) is 14.3 Å². The third-order valence-corrected chi connectivity index (χ3v) is 3.62. The second kappa shape index (κ2) is 9.66. The van der Waals surface area contributed by atoms with E-state index in [4.69, 9.17) is 9.47 Å². The quantitative estimate of drug-likeness (QED) is 0.591. The van der Waals surface area contributed by atoms with Gasteiger partial charge in [-0.1, -0.05) is 29.8 Å². The van der Waals surface area contributed by atoms with Gasteiger partial charge in [-0.3, -0.25) is 4.79 Å². The fourth-order valence-corrected chi connectivity index (χ4v) is 2.39. The van der Waals surface area contributed by atoms with Crippen molar-refractivity contribution in [2.24, 2.45) is 0 Å². The molecule has 0 heterocycles. The van der Waals surface area contributed by atoms with Crippen molar-refractivity contribution in [2.75, 3.05) is 19.8 Å². The molecular formula is C18H23NO4. The number of benzene rings is 1. The third-order valence-electron chi connectivity index (χ3n) is 3.62. The number of carbonyl (C=O) groups is 2. The second-order valence-electron chi connectivity index (χ2n) is 5.47. The Balaban J connectivity index is 1.54. The summed E-state index contributed by atoms with van der Waals surface area (Å²) in [6.45, 7) is 0.114. The molecule has 5 heteroatoms. The van der Waals surface area contributed by atoms with Crippen molar-refractivity contribution in [1.82, 2.24) is 5.32 Å². The highest BCUT2D eigenvalue weighted by Crippen LogP contribution is 2.19. The van der Waals surface area contributed by atoms with Crippen LogP contribution in [0.3, 0.4) is 0 Å². The smallest absolute Gasteiger partial charge is 0.344 e. The zero-order valence-electron chi connectivity index (χ0n) is 13.3. The first kappa shape index (κ1) is 17.1. The number of nitrogens with one attached hydrogen (secondary N) is 1. The van der Waals surface area contributed by atoms with Crippen LogP contribution in [0.5, 0.6) is 5.75 Å². The maximum atomic E-state index is 11.6. The minimum atomic E-state index is -0.556. The molecule has 0 aromatic heterocycles. The minimum absolute atomic E-state index is 0.204. The highest BCUT2D eigenvalue weighted by molar-refractivity contribution is 5.80. The van der Waals surface area contributed by atoms with Gasteiger partial charge < -0.3 is 14.8 Å². The Labute approximate surface area is 136 Å². The number of rotatable bonds is 8. The molecular weight excluding hydrogens is 294 g/mol. The molecule has 0 unspecified atom stereocenters. The van der Waals surface area contributed by atoms with Crippen LogP contribution >= 0.6 is 0 Å². The lowest BCUT2D eigenvalue weighted by Gasteiger charge is -2.13. The number of hydrogen-bond acceptors (Lipinski definition) is 4. The summed E-state index contributed by atoms with van der Waals surface area (Å²) >= 11 is 0. The molecule has 1 aliphatic carbocycles. The monoisotopic (exact) mass is 317 g/mol. The Bertz CT molecular complexity index is 539. The topological polar surface area (TPSA) is 64.6 Å². The third kappa shape index (κ3) is 7.00. The van der Waals surface area contributed by atoms with Gasteiger partial charge in [0.2, 0.25) is 0 Å². The Kier molecular flexibility index (Phi) is 7.17. The molecule has 0 spiro atoms. The average molecular weight is 317 g/mol. The molecule has 23 heavy (non-hydrogen) atoms. The summed E-state index contributed by atoms with van der Waals surface area (Å²) in [6.07, 6.45) is 7.90. The summed E-state index contributed by atoms with van der Waals surface area (Å²) in [7, 11) is 0. The number of esters is 1. The fourth-order valence-electron chi connectivity index (χ4n) is 2.39. The summed E-state index contributed by atoms with van der Waals surface area (Å²) in [5.74, 6) is -0.247. The van der Waals surface area contributed by atoms with Crippen LogP contribution in [0.15, 0.2) is 42.0 Å². The number of hydrogen-bond donors (Lipinski definition) is 1. The highest BCUT2D eigenvalue weighted by Gasteiger charge is 2.09. The van der Waals surface area contributed by atoms with Crippen LogP contribution in [0.1, 0.15) is 32.1 Å². The van der Waals surface area contributed by atoms with Gasteiger partial charge in [0, 0.05) is 6.54 Å². The molecule has 1 N–H and O–H groups in total. The van der Waals surface area contributed by atoms with Crippen molar-refractivity contribution in [3.63, 3.8) is 0 Å². The maximum Gasteiger partial charge on any atom is 0.344 e. The van der Waals surface area contributed by atoms with Gasteiger partial charge in [0.05, 0.1) is 0 Å². The molecule has 1 aliphatic rings. The first-order chi connectivity index (χ1) is 11.2. The van der Waals surface area contributed by atoms with Crippen LogP contribution in [0.25, 0.3) is 0 Å². The molecule has 0 saturated carbocycles. The first-order valence-corrected chi connectivity index (χ1v) is 8.02. The molecule has 0 bridgehead atoms. The van der Waals surface area contributed by atoms with E-state index in [1.165, 1.54) is 18.4 Å². The largest absolute Gasteiger partial charge is 0.482 e. The van der Waals surface area contributed by atoms with Crippen molar-refractivity contribution < 1.29 is 19.1 Å². The summed E-state index contributed by atoms with van der Waals surface area (Å²) in [5.41, 5.74) is 1.41. The van der Waals surface area contributed by atoms with Crippen molar-refractivity contribution in [2.45, 2.75) is 32.1 Å². The molecule has 2 rings (SSSR count). The van der Waals surface area contributed by atoms with E-state index in [0.717, 1.165) is 19.3 Å². The Morgan fingerprint density at radius 1 is 1.09 bits per heavy atom. The van der Waals surface area contributed by atoms with E-state index >= 15 is 0 Å². The standard InChI is InChI=1S/C18H23NO4/c20-17(19-12-11-15-7-3-1-4-8-15)13-23-18(21)14-22-16-9-5-2-6-10-16/h2,5-7,9-10H,1,3-4,8,11-14H2,(H,19,20). The predicted molar refractivity (Wildman–Crippen MR) is 87.1 cm³/mol. The van der Waals surface area contributed by atoms with Crippen LogP contribution < -0.4 is 10.1 Å². The number of amides is 1. The molecule has 0 atom stereocenters. The molecule has 1 aromatic rings. The van der Waals surface area contributed by atoms with Crippen LogP contribution in [0.2, 0.25) is 0 Å². The van der Waals surface area contributed by atoms with Crippen molar-refractivity contribution in [3.05, 3.63) is 42.0 Å². The Hall–Kier alpha value is -2.30. The lowest BCUT2D eigenvalue weighted by atomic mass is 9.97. The zero-order chi connectivity index (χ0) is 16.3. The first-order valence-electron chi connectivity index (χ1n) is 8.02. The Morgan fingerprint density at radius 2 is 1.91 bits per heavy atom. The lowest BCUT2D eigenvalue weighted by Crippen LogP contribution is -2.30. The molecule has 5 nitrogen and oxygen atoms in total. The fraction of sp³-hybridized carbons (Fsp3) is 0.444. The van der Waals surface area contributed by atoms with E-state index in [-0.39, 0.29) is 19.1 Å². The maximum absolute atomic E-state index is 11.6. The van der Waals surface area contributed by atoms with Gasteiger partial charge in [-0.15, -0.1) is 0 Å². The van der Waals surface area contributed by atoms with Crippen molar-refractivity contribution in [1.29, 1.82) is 0 Å². The molecule has 0 radical (unpaired) electrons. The summed E-state index contributed by atoms with van der Waals surface area (Å²) in [4.78, 5) is 23.1. The average Bonchev–Trinajstić information content (AvgIpc) is 2.60. The molecule has 1 aromatic carbocycles. The second-order valence-corrected chi connectivity index (χ2v) is 5.47. The molecule has 0 aliphatic heterocycles. The van der Waals surface area contributed by atoms with Gasteiger partial charge in [-0.2, -0.15) is 0 Å². The van der Waals surface area contributed by atoms with Crippen molar-refractivity contribution in [3.8, 4) is 5.75 Å². The number of ether oxygens (including phenoxy) is 2. The predicted octanol–water partition coefficient (Wildman–Crippen LogP) is 2.62. The number of carbonyl (C=O) groups excluding carboxylic acids is 2. The zero-order valence-corrected chi connectivity index (χ0v) is 13.3. The van der Waals surface area contributed by atoms with E-state index in [9.17, 15) is 9.59 Å². The molecule has 1 amide bonds. The van der Waals surface area contributed by atoms with Crippen molar-refractivity contribution >= 4 is 11.9 Å². The molecule has 0 saturated heterocycles. The van der Waals surface area contributed by atoms with Gasteiger partial charge in [0.1, 0.15) is 5.75 Å². The molecule has 124 valence electrons. The minimum Gasteiger partial charge on any atom is -0.482 e. The van der Waals surface area contributed by atoms with E-state index < -0.39 is 5.97 Å². The van der Waals surface area contributed by atoms with Gasteiger partial charge in [-0.05, 0) is 44.2 Å². The van der Waals surface area contributed by atoms with Gasteiger partial charge in [0.25, 0.3) is 5.91 Å². The van der Waals surface area contributed by atoms with E-state index in [2.05, 4.69) is 11.4 Å². The molecule has 0 fully saturated rings. The number of allylic oxidation sites excluding steroid dienone is 1. The van der Waals surface area contributed by atoms with Crippen LogP contribution in [-0.4, -0.2) is 31.6 Å². The lowest BCUT2D eigenvalue weighted by molar-refractivity contribution is -0.150. The van der Waals surface area contributed by atoms with Gasteiger partial charge in [0.15, 0.2) is 13.2 Å². The van der Waals surface area contributed by atoms with Gasteiger partial charge >= 0.3 is 5.97 Å². The highest BCUT2D eigenvalue weighted by atomic mass is 16.6. The summed E-state index contributed by atoms with van der Waals surface area (Å²) < 4.78 is 10.1. The summed E-state index contributed by atoms with van der Waals surface area (Å²) in [5, 5.41) is 2.76. The number of para-hydroxylation sites is 1. The van der Waals surface area contributed by atoms with E-state index in [0.29, 0.717) is 12.3 Å². The van der Waals surface area contributed by atoms with E-state index in [1.54, 1.807) is 12.1 Å². The van der Waals surface area contributed by atoms with E-state index in [1.807, 2.05) is 18.2 Å². The van der Waals surface area contributed by atoms with Crippen LogP contribution in [0.4, 0.5) is 0 Å².